The molecule has 1 aliphatic carbocycles. The Labute approximate surface area is 166 Å². The molecule has 1 saturated carbocycles. The second-order valence-electron chi connectivity index (χ2n) is 8.08. The minimum Gasteiger partial charge on any atom is -0.354 e. The van der Waals surface area contributed by atoms with E-state index in [4.69, 9.17) is 4.98 Å². The average molecular weight is 377 g/mol. The van der Waals surface area contributed by atoms with E-state index in [-0.39, 0.29) is 5.91 Å². The van der Waals surface area contributed by atoms with Crippen LogP contribution in [0.1, 0.15) is 46.2 Å². The smallest absolute Gasteiger partial charge is 0.270 e. The molecule has 3 heterocycles. The fourth-order valence-electron chi connectivity index (χ4n) is 4.19. The zero-order valence-corrected chi connectivity index (χ0v) is 16.2. The highest BCUT2D eigenvalue weighted by Gasteiger charge is 2.33. The predicted molar refractivity (Wildman–Crippen MR) is 109 cm³/mol. The molecule has 1 saturated heterocycles. The maximum absolute atomic E-state index is 12.4. The van der Waals surface area contributed by atoms with Gasteiger partial charge in [-0.15, -0.1) is 0 Å². The Bertz CT molecular complexity index is 857. The Morgan fingerprint density at radius 2 is 1.82 bits per heavy atom. The molecule has 5 rings (SSSR count). The number of nitrogens with zero attached hydrogens (tertiary/aromatic N) is 4. The van der Waals surface area contributed by atoms with Crippen molar-refractivity contribution in [3.8, 4) is 0 Å². The lowest BCUT2D eigenvalue weighted by Crippen LogP contribution is -2.48. The predicted octanol–water partition coefficient (Wildman–Crippen LogP) is 2.00. The molecule has 1 amide bonds. The van der Waals surface area contributed by atoms with Crippen LogP contribution in [0.4, 0.5) is 5.82 Å². The van der Waals surface area contributed by atoms with E-state index in [9.17, 15) is 4.79 Å². The zero-order chi connectivity index (χ0) is 18.9. The first-order chi connectivity index (χ1) is 13.8. The highest BCUT2D eigenvalue weighted by molar-refractivity contribution is 5.96. The van der Waals surface area contributed by atoms with E-state index in [1.54, 1.807) is 0 Å². The fraction of sp³-hybridized carbons (Fsp3) is 0.500. The molecule has 1 N–H and O–H groups in total. The molecule has 0 unspecified atom stereocenters. The van der Waals surface area contributed by atoms with Gasteiger partial charge in [-0.25, -0.2) is 9.97 Å². The number of hydrogen-bond acceptors (Lipinski definition) is 5. The SMILES string of the molecule is O=C1NCCc2c1nc(C1CC1)nc2N1CCN(CCc2ccccc2)CC1. The summed E-state index contributed by atoms with van der Waals surface area (Å²) in [5, 5.41) is 2.94. The highest BCUT2D eigenvalue weighted by atomic mass is 16.1. The molecule has 146 valence electrons. The number of rotatable bonds is 5. The van der Waals surface area contributed by atoms with Crippen molar-refractivity contribution in [1.29, 1.82) is 0 Å². The summed E-state index contributed by atoms with van der Waals surface area (Å²) in [6.07, 6.45) is 4.21. The number of piperazine rings is 1. The van der Waals surface area contributed by atoms with E-state index in [1.807, 2.05) is 0 Å². The third-order valence-corrected chi connectivity index (χ3v) is 6.05. The molecule has 6 heteroatoms. The molecule has 1 aromatic heterocycles. The van der Waals surface area contributed by atoms with Gasteiger partial charge in [-0.3, -0.25) is 9.69 Å². The molecular formula is C22H27N5O. The second kappa shape index (κ2) is 7.51. The summed E-state index contributed by atoms with van der Waals surface area (Å²) in [5.41, 5.74) is 3.06. The van der Waals surface area contributed by atoms with Crippen molar-refractivity contribution in [2.45, 2.75) is 31.6 Å². The van der Waals surface area contributed by atoms with Crippen LogP contribution < -0.4 is 10.2 Å². The standard InChI is InChI=1S/C22H27N5O/c28-22-19-18(8-10-23-22)21(25-20(24-19)17-6-7-17)27-14-12-26(13-15-27)11-9-16-4-2-1-3-5-16/h1-5,17H,6-15H2,(H,23,28). The summed E-state index contributed by atoms with van der Waals surface area (Å²) >= 11 is 0. The van der Waals surface area contributed by atoms with Crippen LogP contribution >= 0.6 is 0 Å². The molecule has 6 nitrogen and oxygen atoms in total. The van der Waals surface area contributed by atoms with Gasteiger partial charge in [0.25, 0.3) is 5.91 Å². The molecule has 0 spiro atoms. The second-order valence-corrected chi connectivity index (χ2v) is 8.08. The van der Waals surface area contributed by atoms with Crippen molar-refractivity contribution in [3.63, 3.8) is 0 Å². The first-order valence-corrected chi connectivity index (χ1v) is 10.5. The highest BCUT2D eigenvalue weighted by Crippen LogP contribution is 2.39. The Morgan fingerprint density at radius 1 is 1.04 bits per heavy atom. The van der Waals surface area contributed by atoms with Crippen LogP contribution in [0.25, 0.3) is 0 Å². The summed E-state index contributed by atoms with van der Waals surface area (Å²) < 4.78 is 0. The molecular weight excluding hydrogens is 350 g/mol. The zero-order valence-electron chi connectivity index (χ0n) is 16.2. The lowest BCUT2D eigenvalue weighted by atomic mass is 10.0. The molecule has 0 radical (unpaired) electrons. The van der Waals surface area contributed by atoms with Crippen LogP contribution in [-0.2, 0) is 12.8 Å². The van der Waals surface area contributed by atoms with Crippen LogP contribution in [0.3, 0.4) is 0 Å². The normalized spacial score (nSPS) is 20.0. The van der Waals surface area contributed by atoms with Crippen molar-refractivity contribution in [1.82, 2.24) is 20.2 Å². The number of aromatic nitrogens is 2. The Balaban J connectivity index is 1.29. The molecule has 2 aliphatic heterocycles. The van der Waals surface area contributed by atoms with Gasteiger partial charge >= 0.3 is 0 Å². The van der Waals surface area contributed by atoms with E-state index in [2.05, 4.69) is 50.4 Å². The Kier molecular flexibility index (Phi) is 4.72. The quantitative estimate of drug-likeness (QED) is 0.864. The van der Waals surface area contributed by atoms with Gasteiger partial charge < -0.3 is 10.2 Å². The summed E-state index contributed by atoms with van der Waals surface area (Å²) in [6, 6.07) is 10.7. The van der Waals surface area contributed by atoms with Crippen molar-refractivity contribution >= 4 is 11.7 Å². The van der Waals surface area contributed by atoms with Gasteiger partial charge in [-0.2, -0.15) is 0 Å². The van der Waals surface area contributed by atoms with E-state index < -0.39 is 0 Å². The van der Waals surface area contributed by atoms with Crippen LogP contribution in [0.15, 0.2) is 30.3 Å². The minimum atomic E-state index is -0.0340. The first kappa shape index (κ1) is 17.6. The van der Waals surface area contributed by atoms with E-state index >= 15 is 0 Å². The van der Waals surface area contributed by atoms with E-state index in [0.29, 0.717) is 18.2 Å². The molecule has 3 aliphatic rings. The Hall–Kier alpha value is -2.47. The molecule has 2 fully saturated rings. The average Bonchev–Trinajstić information content (AvgIpc) is 3.59. The van der Waals surface area contributed by atoms with Gasteiger partial charge in [0, 0.05) is 50.7 Å². The van der Waals surface area contributed by atoms with Gasteiger partial charge in [0.05, 0.1) is 0 Å². The lowest BCUT2D eigenvalue weighted by Gasteiger charge is -2.37. The number of fused-ring (bicyclic) bond motifs is 1. The Morgan fingerprint density at radius 3 is 2.57 bits per heavy atom. The maximum Gasteiger partial charge on any atom is 0.270 e. The summed E-state index contributed by atoms with van der Waals surface area (Å²) in [5.74, 6) is 2.31. The first-order valence-electron chi connectivity index (χ1n) is 10.5. The molecule has 28 heavy (non-hydrogen) atoms. The monoisotopic (exact) mass is 377 g/mol. The van der Waals surface area contributed by atoms with Crippen LogP contribution in [0.5, 0.6) is 0 Å². The summed E-state index contributed by atoms with van der Waals surface area (Å²) in [4.78, 5) is 26.8. The van der Waals surface area contributed by atoms with E-state index in [0.717, 1.165) is 75.6 Å². The number of carbonyl (C=O) groups is 1. The number of amides is 1. The molecule has 0 atom stereocenters. The number of carbonyl (C=O) groups excluding carboxylic acids is 1. The topological polar surface area (TPSA) is 61.4 Å². The summed E-state index contributed by atoms with van der Waals surface area (Å²) in [7, 11) is 0. The van der Waals surface area contributed by atoms with Gasteiger partial charge in [-0.05, 0) is 31.2 Å². The molecule has 1 aromatic carbocycles. The molecule has 2 aromatic rings. The van der Waals surface area contributed by atoms with Gasteiger partial charge in [0.2, 0.25) is 0 Å². The van der Waals surface area contributed by atoms with E-state index in [1.165, 1.54) is 5.56 Å². The summed E-state index contributed by atoms with van der Waals surface area (Å²) in [6.45, 7) is 5.78. The van der Waals surface area contributed by atoms with Crippen molar-refractivity contribution in [3.05, 3.63) is 53.0 Å². The minimum absolute atomic E-state index is 0.0340. The third kappa shape index (κ3) is 3.61. The van der Waals surface area contributed by atoms with Crippen molar-refractivity contribution in [2.75, 3.05) is 44.2 Å². The van der Waals surface area contributed by atoms with Crippen LogP contribution in [0, 0.1) is 0 Å². The number of benzene rings is 1. The number of nitrogens with one attached hydrogen (secondary N) is 1. The van der Waals surface area contributed by atoms with Gasteiger partial charge in [0.1, 0.15) is 17.3 Å². The fourth-order valence-corrected chi connectivity index (χ4v) is 4.19. The number of hydrogen-bond donors (Lipinski definition) is 1. The lowest BCUT2D eigenvalue weighted by molar-refractivity contribution is 0.0940. The van der Waals surface area contributed by atoms with Crippen molar-refractivity contribution in [2.24, 2.45) is 0 Å². The maximum atomic E-state index is 12.4. The van der Waals surface area contributed by atoms with Gasteiger partial charge in [0.15, 0.2) is 0 Å². The number of anilines is 1. The van der Waals surface area contributed by atoms with Crippen LogP contribution in [0.2, 0.25) is 0 Å². The van der Waals surface area contributed by atoms with Gasteiger partial charge in [-0.1, -0.05) is 30.3 Å². The van der Waals surface area contributed by atoms with Crippen molar-refractivity contribution < 1.29 is 4.79 Å². The largest absolute Gasteiger partial charge is 0.354 e. The van der Waals surface area contributed by atoms with Crippen LogP contribution in [-0.4, -0.2) is 60.0 Å². The third-order valence-electron chi connectivity index (χ3n) is 6.05. The molecule has 0 bridgehead atoms.